The number of carbonyl (C=O) groups excluding carboxylic acids is 1. The van der Waals surface area contributed by atoms with Gasteiger partial charge in [-0.25, -0.2) is 4.79 Å². The number of carbonyl (C=O) groups is 2. The van der Waals surface area contributed by atoms with Crippen LogP contribution < -0.4 is 5.32 Å². The first-order valence-corrected chi connectivity index (χ1v) is 20.4. The van der Waals surface area contributed by atoms with Gasteiger partial charge in [-0.2, -0.15) is 0 Å². The molecule has 0 saturated heterocycles. The zero-order valence-electron chi connectivity index (χ0n) is 33.0. The molecule has 0 spiro atoms. The number of aliphatic hydroxyl groups excluding tert-OH is 2. The Balaban J connectivity index is 1.03. The maximum absolute atomic E-state index is 12.9. The number of hydrogen-bond acceptors (Lipinski definition) is 8. The zero-order valence-corrected chi connectivity index (χ0v) is 33.0. The highest BCUT2D eigenvalue weighted by atomic mass is 16.5. The summed E-state index contributed by atoms with van der Waals surface area (Å²) in [5, 5.41) is 49.3. The fourth-order valence-electron chi connectivity index (χ4n) is 11.9. The number of carboxylic acids is 1. The predicted octanol–water partition coefficient (Wildman–Crippen LogP) is 7.38. The second-order valence-electron chi connectivity index (χ2n) is 17.7. The van der Waals surface area contributed by atoms with E-state index in [1.165, 1.54) is 7.11 Å². The number of carboxylic acid groups (broad SMARTS) is 1. The Morgan fingerprint density at radius 3 is 2.49 bits per heavy atom. The lowest BCUT2D eigenvalue weighted by Crippen LogP contribution is -2.63. The second-order valence-corrected chi connectivity index (χ2v) is 17.7. The molecule has 5 unspecified atom stereocenters. The summed E-state index contributed by atoms with van der Waals surface area (Å²) in [6.45, 7) is 9.12. The summed E-state index contributed by atoms with van der Waals surface area (Å²) in [5.41, 5.74) is 2.84. The van der Waals surface area contributed by atoms with Crippen LogP contribution in [0, 0.1) is 58.2 Å². The lowest BCUT2D eigenvalue weighted by atomic mass is 9.42. The molecule has 3 aromatic rings. The van der Waals surface area contributed by atoms with Crippen molar-refractivity contribution < 1.29 is 34.8 Å². The van der Waals surface area contributed by atoms with Crippen LogP contribution in [0.1, 0.15) is 113 Å². The van der Waals surface area contributed by atoms with E-state index in [9.17, 15) is 30.0 Å². The van der Waals surface area contributed by atoms with Crippen molar-refractivity contribution in [2.75, 3.05) is 12.4 Å². The summed E-state index contributed by atoms with van der Waals surface area (Å²) in [7, 11) is 1.38. The van der Waals surface area contributed by atoms with Crippen molar-refractivity contribution in [2.45, 2.75) is 116 Å². The van der Waals surface area contributed by atoms with Crippen LogP contribution in [0.3, 0.4) is 0 Å². The van der Waals surface area contributed by atoms with E-state index in [1.54, 1.807) is 0 Å². The van der Waals surface area contributed by atoms with Crippen molar-refractivity contribution in [1.82, 2.24) is 4.98 Å². The number of benzene rings is 2. The van der Waals surface area contributed by atoms with Gasteiger partial charge in [0.25, 0.3) is 0 Å². The Labute approximate surface area is 325 Å². The van der Waals surface area contributed by atoms with Crippen LogP contribution in [0.2, 0.25) is 0 Å². The third-order valence-corrected chi connectivity index (χ3v) is 15.0. The highest BCUT2D eigenvalue weighted by Gasteiger charge is 2.66. The first-order valence-electron chi connectivity index (χ1n) is 20.4. The van der Waals surface area contributed by atoms with Gasteiger partial charge in [0.1, 0.15) is 11.2 Å². The molecule has 0 aliphatic heterocycles. The van der Waals surface area contributed by atoms with Gasteiger partial charge in [0.15, 0.2) is 0 Å². The number of aliphatic hydroxyl groups is 3. The van der Waals surface area contributed by atoms with Crippen molar-refractivity contribution in [3.05, 3.63) is 70.9 Å². The molecule has 2 aromatic carbocycles. The molecule has 0 radical (unpaired) electrons. The van der Waals surface area contributed by atoms with Gasteiger partial charge in [0.05, 0.1) is 36.2 Å². The van der Waals surface area contributed by atoms with E-state index in [0.717, 1.165) is 41.3 Å². The molecule has 4 aliphatic carbocycles. The number of aryl methyl sites for hydroxylation is 1. The van der Waals surface area contributed by atoms with Crippen molar-refractivity contribution in [2.24, 2.45) is 46.3 Å². The van der Waals surface area contributed by atoms with Gasteiger partial charge in [0.2, 0.25) is 0 Å². The quantitative estimate of drug-likeness (QED) is 0.112. The SMILES string of the molecule is CCc1nc2ccccc2c(NCc2ccc(C#C[C@@]3(O)CC[C@@]4(C)C(C[C@@H](O)C5C4C[C@H](O)[C@@]4(C)C5CC[C@@H]4C(C)CCC(=O)O)C3)cc2)c1C(=O)OC. The Hall–Kier alpha value is -3.97. The molecule has 11 atom stereocenters. The largest absolute Gasteiger partial charge is 0.481 e. The van der Waals surface area contributed by atoms with E-state index in [2.05, 4.69) is 37.9 Å². The normalized spacial score (nSPS) is 34.4. The van der Waals surface area contributed by atoms with Gasteiger partial charge in [-0.05, 0) is 128 Å². The number of anilines is 1. The van der Waals surface area contributed by atoms with Crippen LogP contribution in [-0.2, 0) is 22.5 Å². The molecule has 4 fully saturated rings. The maximum atomic E-state index is 12.9. The molecular weight excluding hydrogens is 693 g/mol. The number of hydrogen-bond donors (Lipinski definition) is 5. The molecule has 9 heteroatoms. The minimum Gasteiger partial charge on any atom is -0.481 e. The minimum absolute atomic E-state index is 0.0841. The Morgan fingerprint density at radius 2 is 1.78 bits per heavy atom. The lowest BCUT2D eigenvalue weighted by molar-refractivity contribution is -0.211. The van der Waals surface area contributed by atoms with E-state index >= 15 is 0 Å². The molecule has 4 saturated carbocycles. The van der Waals surface area contributed by atoms with Crippen LogP contribution >= 0.6 is 0 Å². The van der Waals surface area contributed by atoms with E-state index < -0.39 is 29.7 Å². The topological polar surface area (TPSA) is 149 Å². The first-order chi connectivity index (χ1) is 26.2. The van der Waals surface area contributed by atoms with Crippen LogP contribution in [0.15, 0.2) is 48.5 Å². The van der Waals surface area contributed by atoms with Gasteiger partial charge in [-0.15, -0.1) is 0 Å². The van der Waals surface area contributed by atoms with Gasteiger partial charge >= 0.3 is 11.9 Å². The third kappa shape index (κ3) is 7.04. The van der Waals surface area contributed by atoms with E-state index in [-0.39, 0.29) is 52.8 Å². The third-order valence-electron chi connectivity index (χ3n) is 15.0. The molecule has 55 heavy (non-hydrogen) atoms. The van der Waals surface area contributed by atoms with Gasteiger partial charge < -0.3 is 30.5 Å². The number of nitrogens with zero attached hydrogens (tertiary/aromatic N) is 1. The average Bonchev–Trinajstić information content (AvgIpc) is 3.54. The molecule has 7 rings (SSSR count). The first kappa shape index (κ1) is 39.3. The van der Waals surface area contributed by atoms with Crippen LogP contribution in [0.5, 0.6) is 0 Å². The molecular formula is C46H58N2O7. The molecule has 5 N–H and O–H groups in total. The van der Waals surface area contributed by atoms with Gasteiger partial charge in [-0.3, -0.25) is 9.78 Å². The zero-order chi connectivity index (χ0) is 39.3. The monoisotopic (exact) mass is 750 g/mol. The molecule has 0 amide bonds. The number of pyridine rings is 1. The van der Waals surface area contributed by atoms with E-state index in [1.807, 2.05) is 55.5 Å². The van der Waals surface area contributed by atoms with Crippen LogP contribution in [0.4, 0.5) is 5.69 Å². The number of aromatic nitrogens is 1. The fraction of sp³-hybridized carbons (Fsp3) is 0.587. The van der Waals surface area contributed by atoms with Crippen molar-refractivity contribution in [1.29, 1.82) is 0 Å². The standard InChI is InChI=1S/C46H58N2O7/c1-6-35-41(43(53)55-5)42(31-9-7-8-10-36(31)48-35)47-26-29-14-12-28(13-15-29)19-20-46(54)22-21-44(3)30(25-46)23-37(49)40-33-17-16-32(27(2)11-18-39(51)52)45(33,4)38(50)24-34(40)44/h7-10,12-15,27,30,32-34,37-38,40,49-50,54H,6,11,16-18,21-26H2,1-5H3,(H,47,48)(H,51,52)/t27?,30?,32-,33?,34?,37-,38+,40?,44+,45-,46-/m1/s1. The Morgan fingerprint density at radius 1 is 1.04 bits per heavy atom. The average molecular weight is 751 g/mol. The van der Waals surface area contributed by atoms with Gasteiger partial charge in [-0.1, -0.05) is 69.9 Å². The van der Waals surface area contributed by atoms with Gasteiger partial charge in [0, 0.05) is 23.9 Å². The molecule has 294 valence electrons. The summed E-state index contributed by atoms with van der Waals surface area (Å²) in [6.07, 6.45) is 5.31. The molecule has 1 aromatic heterocycles. The number of esters is 1. The van der Waals surface area contributed by atoms with Crippen LogP contribution in [-0.4, -0.2) is 62.3 Å². The van der Waals surface area contributed by atoms with E-state index in [4.69, 9.17) is 9.72 Å². The highest BCUT2D eigenvalue weighted by molar-refractivity contribution is 6.06. The highest BCUT2D eigenvalue weighted by Crippen LogP contribution is 2.69. The number of fused-ring (bicyclic) bond motifs is 6. The number of para-hydroxylation sites is 1. The minimum atomic E-state index is -1.17. The predicted molar refractivity (Wildman–Crippen MR) is 212 cm³/mol. The summed E-state index contributed by atoms with van der Waals surface area (Å²) in [5.74, 6) is 6.24. The Bertz CT molecular complexity index is 1990. The number of rotatable bonds is 9. The number of ether oxygens (including phenoxy) is 1. The van der Waals surface area contributed by atoms with Crippen molar-refractivity contribution >= 4 is 28.5 Å². The summed E-state index contributed by atoms with van der Waals surface area (Å²) >= 11 is 0. The number of nitrogens with one attached hydrogen (secondary N) is 1. The summed E-state index contributed by atoms with van der Waals surface area (Å²) < 4.78 is 5.14. The maximum Gasteiger partial charge on any atom is 0.341 e. The van der Waals surface area contributed by atoms with Crippen molar-refractivity contribution in [3.63, 3.8) is 0 Å². The molecule has 1 heterocycles. The molecule has 0 bridgehead atoms. The number of aliphatic carboxylic acids is 1. The van der Waals surface area contributed by atoms with E-state index in [0.29, 0.717) is 62.0 Å². The summed E-state index contributed by atoms with van der Waals surface area (Å²) in [4.78, 5) is 28.9. The number of methoxy groups -OCH3 is 1. The lowest BCUT2D eigenvalue weighted by Gasteiger charge is -2.64. The van der Waals surface area contributed by atoms with Crippen molar-refractivity contribution in [3.8, 4) is 11.8 Å². The summed E-state index contributed by atoms with van der Waals surface area (Å²) in [6, 6.07) is 15.7. The van der Waals surface area contributed by atoms with Crippen LogP contribution in [0.25, 0.3) is 10.9 Å². The molecule has 9 nitrogen and oxygen atoms in total. The molecule has 4 aliphatic rings. The second kappa shape index (κ2) is 15.2. The Kier molecular flexibility index (Phi) is 10.8. The smallest absolute Gasteiger partial charge is 0.341 e. The fourth-order valence-corrected chi connectivity index (χ4v) is 11.9.